The van der Waals surface area contributed by atoms with Crippen LogP contribution in [0, 0.1) is 0 Å². The van der Waals surface area contributed by atoms with Crippen molar-refractivity contribution in [3.63, 3.8) is 0 Å². The van der Waals surface area contributed by atoms with Gasteiger partial charge in [0.1, 0.15) is 5.75 Å². The average molecular weight is 553 g/mol. The smallest absolute Gasteiger partial charge is 0.341 e. The Kier molecular flexibility index (Phi) is 6.40. The molecule has 0 unspecified atom stereocenters. The van der Waals surface area contributed by atoms with Crippen molar-refractivity contribution < 1.29 is 24.2 Å². The van der Waals surface area contributed by atoms with Gasteiger partial charge in [-0.15, -0.1) is 0 Å². The van der Waals surface area contributed by atoms with Crippen LogP contribution in [0.3, 0.4) is 0 Å². The first-order chi connectivity index (χ1) is 14.8. The fourth-order valence-corrected chi connectivity index (χ4v) is 6.40. The Morgan fingerprint density at radius 3 is 2.00 bits per heavy atom. The first-order valence-electron chi connectivity index (χ1n) is 10.5. The van der Waals surface area contributed by atoms with Gasteiger partial charge < -0.3 is 14.7 Å². The number of allylic oxidation sites excluding steroid dienone is 4. The molecule has 8 heteroatoms. The molecule has 0 fully saturated rings. The Bertz CT molecular complexity index is 975. The highest BCUT2D eigenvalue weighted by atomic mass is 79.9. The number of halogens is 2. The molecule has 0 amide bonds. The number of Topliss-reactive ketones (excluding diaryl/α,β-unsaturated/α-hetero) is 2. The van der Waals surface area contributed by atoms with Gasteiger partial charge >= 0.3 is 5.97 Å². The van der Waals surface area contributed by atoms with Crippen LogP contribution in [-0.4, -0.2) is 40.7 Å². The zero-order valence-corrected chi connectivity index (χ0v) is 20.3. The maximum absolute atomic E-state index is 13.1. The number of carbonyl (C=O) groups is 3. The highest BCUT2D eigenvalue weighted by Gasteiger charge is 2.43. The van der Waals surface area contributed by atoms with Gasteiger partial charge in [0.25, 0.3) is 0 Å². The van der Waals surface area contributed by atoms with Crippen LogP contribution in [0.1, 0.15) is 56.9 Å². The largest absolute Gasteiger partial charge is 0.480 e. The van der Waals surface area contributed by atoms with Crippen LogP contribution in [0.5, 0.6) is 5.75 Å². The van der Waals surface area contributed by atoms with Crippen LogP contribution in [0.25, 0.3) is 0 Å². The maximum Gasteiger partial charge on any atom is 0.341 e. The fraction of sp³-hybridized carbons (Fsp3) is 0.435. The number of hydrogen-bond donors (Lipinski definition) is 1. The van der Waals surface area contributed by atoms with Crippen LogP contribution < -0.4 is 4.74 Å². The molecule has 0 atom stereocenters. The first-order valence-corrected chi connectivity index (χ1v) is 12.1. The second kappa shape index (κ2) is 8.90. The summed E-state index contributed by atoms with van der Waals surface area (Å²) in [5, 5.41) is 8.93. The molecule has 0 spiro atoms. The van der Waals surface area contributed by atoms with Gasteiger partial charge in [0, 0.05) is 47.8 Å². The van der Waals surface area contributed by atoms with Gasteiger partial charge in [-0.1, -0.05) is 0 Å². The zero-order chi connectivity index (χ0) is 22.3. The lowest BCUT2D eigenvalue weighted by molar-refractivity contribution is -0.139. The Balaban J connectivity index is 1.88. The van der Waals surface area contributed by atoms with Crippen LogP contribution >= 0.6 is 31.9 Å². The normalized spacial score (nSPS) is 19.5. The van der Waals surface area contributed by atoms with E-state index >= 15 is 0 Å². The lowest BCUT2D eigenvalue weighted by Crippen LogP contribution is -2.39. The summed E-state index contributed by atoms with van der Waals surface area (Å²) in [6.07, 6.45) is 4.30. The van der Waals surface area contributed by atoms with Crippen molar-refractivity contribution in [1.29, 1.82) is 0 Å². The first kappa shape index (κ1) is 22.3. The second-order valence-corrected chi connectivity index (χ2v) is 9.66. The number of hydrogen-bond acceptors (Lipinski definition) is 5. The van der Waals surface area contributed by atoms with Crippen molar-refractivity contribution in [1.82, 2.24) is 4.90 Å². The van der Waals surface area contributed by atoms with Crippen LogP contribution in [0.4, 0.5) is 0 Å². The van der Waals surface area contributed by atoms with E-state index < -0.39 is 18.5 Å². The summed E-state index contributed by atoms with van der Waals surface area (Å²) in [6, 6.07) is 3.68. The second-order valence-electron chi connectivity index (χ2n) is 7.95. The van der Waals surface area contributed by atoms with Crippen molar-refractivity contribution in [2.24, 2.45) is 0 Å². The molecule has 31 heavy (non-hydrogen) atoms. The van der Waals surface area contributed by atoms with Gasteiger partial charge in [-0.25, -0.2) is 4.79 Å². The van der Waals surface area contributed by atoms with E-state index in [2.05, 4.69) is 43.7 Å². The summed E-state index contributed by atoms with van der Waals surface area (Å²) in [7, 11) is 0. The van der Waals surface area contributed by atoms with E-state index in [1.165, 1.54) is 0 Å². The van der Waals surface area contributed by atoms with E-state index in [4.69, 9.17) is 9.84 Å². The molecule has 1 heterocycles. The van der Waals surface area contributed by atoms with Crippen molar-refractivity contribution in [3.8, 4) is 5.75 Å². The van der Waals surface area contributed by atoms with Crippen molar-refractivity contribution in [2.75, 3.05) is 13.2 Å². The number of carboxylic acids is 1. The predicted octanol–water partition coefficient (Wildman–Crippen LogP) is 5.11. The molecule has 3 aliphatic rings. The number of carboxylic acid groups (broad SMARTS) is 1. The Hall–Kier alpha value is -1.93. The number of carbonyl (C=O) groups excluding carboxylic acids is 2. The number of benzene rings is 1. The van der Waals surface area contributed by atoms with Gasteiger partial charge in [-0.3, -0.25) is 9.59 Å². The summed E-state index contributed by atoms with van der Waals surface area (Å²) < 4.78 is 6.55. The number of nitrogens with zero attached hydrogens (tertiary/aromatic N) is 1. The number of ether oxygens (including phenoxy) is 1. The topological polar surface area (TPSA) is 83.9 Å². The maximum atomic E-state index is 13.1. The van der Waals surface area contributed by atoms with Gasteiger partial charge in [-0.05, 0) is 82.2 Å². The molecule has 0 radical (unpaired) electrons. The highest BCUT2D eigenvalue weighted by Crippen LogP contribution is 2.50. The molecule has 0 aromatic heterocycles. The molecule has 1 aromatic carbocycles. The Morgan fingerprint density at radius 1 is 1.03 bits per heavy atom. The molecule has 6 nitrogen and oxygen atoms in total. The van der Waals surface area contributed by atoms with Crippen LogP contribution in [0.15, 0.2) is 43.6 Å². The predicted molar refractivity (Wildman–Crippen MR) is 122 cm³/mol. The van der Waals surface area contributed by atoms with E-state index in [1.807, 2.05) is 12.1 Å². The molecule has 164 valence electrons. The van der Waals surface area contributed by atoms with Gasteiger partial charge in [-0.2, -0.15) is 0 Å². The third kappa shape index (κ3) is 4.00. The standard InChI is InChI=1S/C23H23Br2NO5/c1-2-26-15-5-3-7-17(27)21(15)20(22-16(26)6-4-8-18(22)28)12-9-13(24)23(14(25)10-12)31-11-19(29)30/h9-10,20H,2-8,11H2,1H3,(H,29,30). The van der Waals surface area contributed by atoms with E-state index in [0.717, 1.165) is 60.3 Å². The van der Waals surface area contributed by atoms with Gasteiger partial charge in [0.15, 0.2) is 18.2 Å². The van der Waals surface area contributed by atoms with Gasteiger partial charge in [0.05, 0.1) is 8.95 Å². The van der Waals surface area contributed by atoms with Crippen molar-refractivity contribution in [2.45, 2.75) is 51.4 Å². The number of ketones is 2. The summed E-state index contributed by atoms with van der Waals surface area (Å²) in [4.78, 5) is 39.4. The monoisotopic (exact) mass is 551 g/mol. The fourth-order valence-electron chi connectivity index (χ4n) is 4.95. The molecule has 1 aromatic rings. The Labute approximate surface area is 197 Å². The molecule has 2 aliphatic carbocycles. The third-order valence-electron chi connectivity index (χ3n) is 6.10. The van der Waals surface area contributed by atoms with E-state index in [0.29, 0.717) is 27.5 Å². The highest BCUT2D eigenvalue weighted by molar-refractivity contribution is 9.11. The van der Waals surface area contributed by atoms with Crippen LogP contribution in [-0.2, 0) is 14.4 Å². The lowest BCUT2D eigenvalue weighted by Gasteiger charge is -2.43. The number of rotatable bonds is 5. The molecule has 4 rings (SSSR count). The average Bonchev–Trinajstić information content (AvgIpc) is 2.71. The quantitative estimate of drug-likeness (QED) is 0.546. The zero-order valence-electron chi connectivity index (χ0n) is 17.2. The molecule has 0 saturated heterocycles. The van der Waals surface area contributed by atoms with Crippen molar-refractivity contribution >= 4 is 49.4 Å². The summed E-state index contributed by atoms with van der Waals surface area (Å²) in [5.74, 6) is -0.888. The number of aliphatic carboxylic acids is 1. The van der Waals surface area contributed by atoms with Crippen molar-refractivity contribution in [3.05, 3.63) is 49.2 Å². The summed E-state index contributed by atoms with van der Waals surface area (Å²) in [6.45, 7) is 2.34. The summed E-state index contributed by atoms with van der Waals surface area (Å²) >= 11 is 6.97. The molecule has 1 N–H and O–H groups in total. The molecule has 0 saturated carbocycles. The Morgan fingerprint density at radius 2 is 1.55 bits per heavy atom. The molecule has 0 bridgehead atoms. The minimum atomic E-state index is -1.07. The van der Waals surface area contributed by atoms with E-state index in [1.54, 1.807) is 0 Å². The van der Waals surface area contributed by atoms with Crippen LogP contribution in [0.2, 0.25) is 0 Å². The summed E-state index contributed by atoms with van der Waals surface area (Å²) in [5.41, 5.74) is 4.40. The van der Waals surface area contributed by atoms with E-state index in [-0.39, 0.29) is 11.6 Å². The lowest BCUT2D eigenvalue weighted by atomic mass is 9.71. The molecular formula is C23H23Br2NO5. The van der Waals surface area contributed by atoms with Gasteiger partial charge in [0.2, 0.25) is 0 Å². The van der Waals surface area contributed by atoms with E-state index in [9.17, 15) is 14.4 Å². The minimum Gasteiger partial charge on any atom is -0.480 e. The minimum absolute atomic E-state index is 0.105. The molecule has 1 aliphatic heterocycles. The SMILES string of the molecule is CCN1C2=C(C(=O)CCC2)C(c2cc(Br)c(OCC(=O)O)c(Br)c2)C2=C1CCCC2=O. The molecular weight excluding hydrogens is 530 g/mol. The third-order valence-corrected chi connectivity index (χ3v) is 7.27.